The van der Waals surface area contributed by atoms with Crippen LogP contribution in [0.4, 0.5) is 5.82 Å². The summed E-state index contributed by atoms with van der Waals surface area (Å²) in [6, 6.07) is 10.8. The Morgan fingerprint density at radius 1 is 1.12 bits per heavy atom. The highest BCUT2D eigenvalue weighted by Crippen LogP contribution is 2.41. The maximum atomic E-state index is 5.97. The number of nitrogens with two attached hydrogens (primary N) is 1. The van der Waals surface area contributed by atoms with Crippen LogP contribution in [0.1, 0.15) is 67.6 Å². The summed E-state index contributed by atoms with van der Waals surface area (Å²) in [6.07, 6.45) is 4.49. The predicted molar refractivity (Wildman–Crippen MR) is 99.0 cm³/mol. The van der Waals surface area contributed by atoms with Crippen molar-refractivity contribution in [2.75, 3.05) is 12.4 Å². The van der Waals surface area contributed by atoms with E-state index in [9.17, 15) is 0 Å². The molecular weight excluding hydrogens is 312 g/mol. The van der Waals surface area contributed by atoms with E-state index in [4.69, 9.17) is 20.4 Å². The van der Waals surface area contributed by atoms with Gasteiger partial charge >= 0.3 is 0 Å². The van der Waals surface area contributed by atoms with Crippen LogP contribution >= 0.6 is 0 Å². The Kier molecular flexibility index (Phi) is 4.34. The molecule has 0 unspecified atom stereocenters. The molecule has 2 aliphatic carbocycles. The van der Waals surface area contributed by atoms with Crippen LogP contribution in [-0.4, -0.2) is 23.1 Å². The second-order valence-corrected chi connectivity index (χ2v) is 7.38. The molecule has 5 heteroatoms. The largest absolute Gasteiger partial charge is 0.497 e. The normalized spacial score (nSPS) is 23.6. The lowest BCUT2D eigenvalue weighted by Gasteiger charge is -2.32. The van der Waals surface area contributed by atoms with Crippen LogP contribution in [-0.2, 0) is 0 Å². The van der Waals surface area contributed by atoms with E-state index in [1.165, 1.54) is 18.4 Å². The Hall–Kier alpha value is -2.14. The minimum atomic E-state index is 0.171. The van der Waals surface area contributed by atoms with Gasteiger partial charge in [-0.2, -0.15) is 0 Å². The van der Waals surface area contributed by atoms with Gasteiger partial charge in [0.15, 0.2) is 0 Å². The molecule has 1 heterocycles. The lowest BCUT2D eigenvalue weighted by molar-refractivity contribution is 0.344. The summed E-state index contributed by atoms with van der Waals surface area (Å²) < 4.78 is 5.23. The van der Waals surface area contributed by atoms with Crippen molar-refractivity contribution in [2.24, 2.45) is 5.73 Å². The number of nitrogens with zero attached hydrogens (tertiary/aromatic N) is 2. The molecule has 2 aliphatic rings. The van der Waals surface area contributed by atoms with E-state index in [2.05, 4.69) is 30.4 Å². The molecule has 4 rings (SSSR count). The zero-order chi connectivity index (χ0) is 17.4. The van der Waals surface area contributed by atoms with Gasteiger partial charge in [-0.25, -0.2) is 9.97 Å². The molecule has 0 saturated heterocycles. The van der Waals surface area contributed by atoms with E-state index in [-0.39, 0.29) is 6.04 Å². The second-order valence-electron chi connectivity index (χ2n) is 7.38. The van der Waals surface area contributed by atoms with Gasteiger partial charge in [-0.3, -0.25) is 0 Å². The highest BCUT2D eigenvalue weighted by molar-refractivity contribution is 5.42. The number of benzene rings is 1. The van der Waals surface area contributed by atoms with E-state index in [1.54, 1.807) is 7.11 Å². The molecule has 2 fully saturated rings. The zero-order valence-electron chi connectivity index (χ0n) is 14.9. The molecule has 3 N–H and O–H groups in total. The highest BCUT2D eigenvalue weighted by atomic mass is 16.5. The molecule has 132 valence electrons. The van der Waals surface area contributed by atoms with Gasteiger partial charge in [0.25, 0.3) is 0 Å². The van der Waals surface area contributed by atoms with E-state index >= 15 is 0 Å². The molecule has 0 amide bonds. The lowest BCUT2D eigenvalue weighted by atomic mass is 9.78. The first-order chi connectivity index (χ1) is 12.1. The summed E-state index contributed by atoms with van der Waals surface area (Å²) in [5.41, 5.74) is 8.33. The molecule has 1 aromatic heterocycles. The van der Waals surface area contributed by atoms with Gasteiger partial charge < -0.3 is 15.8 Å². The van der Waals surface area contributed by atoms with Gasteiger partial charge in [-0.05, 0) is 50.3 Å². The average Bonchev–Trinajstić information content (AvgIpc) is 3.44. The molecular formula is C20H26N4O. The van der Waals surface area contributed by atoms with Crippen LogP contribution in [0.25, 0.3) is 0 Å². The van der Waals surface area contributed by atoms with Gasteiger partial charge in [0.2, 0.25) is 0 Å². The maximum Gasteiger partial charge on any atom is 0.134 e. The first-order valence-corrected chi connectivity index (χ1v) is 9.17. The summed E-state index contributed by atoms with van der Waals surface area (Å²) >= 11 is 0. The Morgan fingerprint density at radius 2 is 1.84 bits per heavy atom. The standard InChI is InChI=1S/C20H26N4O/c1-12(13-5-7-17(25-2)8-6-13)22-19-11-18(15-9-16(21)10-15)23-20(24-19)14-3-4-14/h5-8,11-12,14-16H,3-4,9-10,21H2,1-2H3,(H,22,23,24)/t12-,15?,16?/m1/s1. The molecule has 2 saturated carbocycles. The molecule has 1 atom stereocenters. The maximum absolute atomic E-state index is 5.97. The van der Waals surface area contributed by atoms with Gasteiger partial charge in [0.05, 0.1) is 7.11 Å². The Labute approximate surface area is 149 Å². The molecule has 2 aromatic rings. The summed E-state index contributed by atoms with van der Waals surface area (Å²) in [6.45, 7) is 2.15. The van der Waals surface area contributed by atoms with E-state index < -0.39 is 0 Å². The third-order valence-electron chi connectivity index (χ3n) is 5.28. The number of rotatable bonds is 6. The fourth-order valence-electron chi connectivity index (χ4n) is 3.39. The van der Waals surface area contributed by atoms with Crippen LogP contribution in [0.15, 0.2) is 30.3 Å². The topological polar surface area (TPSA) is 73.1 Å². The van der Waals surface area contributed by atoms with Crippen molar-refractivity contribution in [3.63, 3.8) is 0 Å². The van der Waals surface area contributed by atoms with Crippen molar-refractivity contribution >= 4 is 5.82 Å². The molecule has 0 bridgehead atoms. The van der Waals surface area contributed by atoms with Crippen LogP contribution in [0, 0.1) is 0 Å². The van der Waals surface area contributed by atoms with Gasteiger partial charge in [-0.1, -0.05) is 12.1 Å². The summed E-state index contributed by atoms with van der Waals surface area (Å²) in [5.74, 6) is 3.84. The van der Waals surface area contributed by atoms with Crippen molar-refractivity contribution < 1.29 is 4.74 Å². The monoisotopic (exact) mass is 338 g/mol. The van der Waals surface area contributed by atoms with E-state index in [0.717, 1.165) is 35.9 Å². The Morgan fingerprint density at radius 3 is 2.44 bits per heavy atom. The first-order valence-electron chi connectivity index (χ1n) is 9.17. The molecule has 1 aromatic carbocycles. The summed E-state index contributed by atoms with van der Waals surface area (Å²) in [7, 11) is 1.69. The summed E-state index contributed by atoms with van der Waals surface area (Å²) in [5, 5.41) is 3.55. The van der Waals surface area contributed by atoms with Crippen molar-refractivity contribution in [2.45, 2.75) is 56.5 Å². The first kappa shape index (κ1) is 16.3. The number of aromatic nitrogens is 2. The minimum absolute atomic E-state index is 0.171. The molecule has 25 heavy (non-hydrogen) atoms. The van der Waals surface area contributed by atoms with Crippen molar-refractivity contribution in [3.05, 3.63) is 47.4 Å². The second kappa shape index (κ2) is 6.64. The Balaban J connectivity index is 1.53. The van der Waals surface area contributed by atoms with Crippen molar-refractivity contribution in [3.8, 4) is 5.75 Å². The zero-order valence-corrected chi connectivity index (χ0v) is 14.9. The highest BCUT2D eigenvalue weighted by Gasteiger charge is 2.32. The molecule has 5 nitrogen and oxygen atoms in total. The quantitative estimate of drug-likeness (QED) is 0.839. The molecule has 0 spiro atoms. The van der Waals surface area contributed by atoms with Crippen molar-refractivity contribution in [1.82, 2.24) is 9.97 Å². The van der Waals surface area contributed by atoms with Gasteiger partial charge in [-0.15, -0.1) is 0 Å². The lowest BCUT2D eigenvalue weighted by Crippen LogP contribution is -2.35. The van der Waals surface area contributed by atoms with Crippen molar-refractivity contribution in [1.29, 1.82) is 0 Å². The number of methoxy groups -OCH3 is 1. The number of hydrogen-bond donors (Lipinski definition) is 2. The fourth-order valence-corrected chi connectivity index (χ4v) is 3.39. The molecule has 0 radical (unpaired) electrons. The van der Waals surface area contributed by atoms with Crippen LogP contribution in [0.5, 0.6) is 5.75 Å². The summed E-state index contributed by atoms with van der Waals surface area (Å²) in [4.78, 5) is 9.61. The number of anilines is 1. The molecule has 0 aliphatic heterocycles. The van der Waals surface area contributed by atoms with E-state index in [0.29, 0.717) is 17.9 Å². The smallest absolute Gasteiger partial charge is 0.134 e. The van der Waals surface area contributed by atoms with Crippen LogP contribution < -0.4 is 15.8 Å². The SMILES string of the molecule is COc1ccc([C@@H](C)Nc2cc(C3CC(N)C3)nc(C3CC3)n2)cc1. The Bertz CT molecular complexity index is 736. The average molecular weight is 338 g/mol. The van der Waals surface area contributed by atoms with Crippen LogP contribution in [0.3, 0.4) is 0 Å². The third-order valence-corrected chi connectivity index (χ3v) is 5.28. The number of ether oxygens (including phenoxy) is 1. The van der Waals surface area contributed by atoms with Gasteiger partial charge in [0.1, 0.15) is 17.4 Å². The number of hydrogen-bond acceptors (Lipinski definition) is 5. The third kappa shape index (κ3) is 3.61. The van der Waals surface area contributed by atoms with Crippen LogP contribution in [0.2, 0.25) is 0 Å². The number of nitrogens with one attached hydrogen (secondary N) is 1. The minimum Gasteiger partial charge on any atom is -0.497 e. The predicted octanol–water partition coefficient (Wildman–Crippen LogP) is 3.74. The van der Waals surface area contributed by atoms with Gasteiger partial charge in [0, 0.05) is 35.7 Å². The fraction of sp³-hybridized carbons (Fsp3) is 0.500. The van der Waals surface area contributed by atoms with E-state index in [1.807, 2.05) is 12.1 Å².